The molecule has 2 amide bonds. The number of anilines is 2. The minimum absolute atomic E-state index is 0.0391. The molecule has 0 aromatic heterocycles. The molecule has 0 aliphatic carbocycles. The van der Waals surface area contributed by atoms with Crippen molar-refractivity contribution in [2.24, 2.45) is 0 Å². The molecule has 4 rings (SSSR count). The predicted octanol–water partition coefficient (Wildman–Crippen LogP) is 4.61. The van der Waals surface area contributed by atoms with E-state index in [1.54, 1.807) is 36.4 Å². The van der Waals surface area contributed by atoms with Crippen molar-refractivity contribution in [3.8, 4) is 0 Å². The minimum atomic E-state index is -4.13. The maximum atomic E-state index is 13.6. The molecule has 0 N–H and O–H groups in total. The number of aryl methyl sites for hydroxylation is 1. The smallest absolute Gasteiger partial charge is 0.287 e. The molecule has 0 spiro atoms. The Morgan fingerprint density at radius 2 is 1.59 bits per heavy atom. The number of benzene rings is 3. The number of para-hydroxylation sites is 1. The fraction of sp³-hybridized carbons (Fsp3) is 0.0952. The molecule has 1 aliphatic heterocycles. The van der Waals surface area contributed by atoms with Gasteiger partial charge in [-0.15, -0.1) is 0 Å². The molecule has 1 aliphatic rings. The van der Waals surface area contributed by atoms with Crippen LogP contribution in [0, 0.1) is 18.6 Å². The molecular weight excluding hydrogens is 398 g/mol. The summed E-state index contributed by atoms with van der Waals surface area (Å²) in [5, 5.41) is 0. The second-order valence-corrected chi connectivity index (χ2v) is 8.45. The first-order valence-corrected chi connectivity index (χ1v) is 10.2. The van der Waals surface area contributed by atoms with Crippen LogP contribution in [0.25, 0.3) is 0 Å². The first-order chi connectivity index (χ1) is 13.8. The van der Waals surface area contributed by atoms with Gasteiger partial charge >= 0.3 is 6.03 Å². The monoisotopic (exact) mass is 414 g/mol. The summed E-state index contributed by atoms with van der Waals surface area (Å²) in [5.41, 5.74) is 1.63. The van der Waals surface area contributed by atoms with E-state index >= 15 is 0 Å². The van der Waals surface area contributed by atoms with Crippen LogP contribution in [-0.2, 0) is 16.6 Å². The molecule has 0 unspecified atom stereocenters. The van der Waals surface area contributed by atoms with Crippen molar-refractivity contribution < 1.29 is 22.0 Å². The Labute approximate surface area is 166 Å². The molecule has 0 bridgehead atoms. The molecule has 8 heteroatoms. The Bertz CT molecular complexity index is 1210. The first kappa shape index (κ1) is 19.1. The number of hydrogen-bond acceptors (Lipinski definition) is 3. The van der Waals surface area contributed by atoms with Crippen molar-refractivity contribution in [2.45, 2.75) is 18.4 Å². The fourth-order valence-electron chi connectivity index (χ4n) is 3.21. The second kappa shape index (κ2) is 6.97. The third-order valence-corrected chi connectivity index (χ3v) is 6.42. The van der Waals surface area contributed by atoms with Gasteiger partial charge in [0.15, 0.2) is 11.6 Å². The SMILES string of the molecule is Cc1ccc(N2C(=O)N(Cc3ccc(F)c(F)c3)c3ccccc3S2(=O)=O)cc1. The molecule has 0 radical (unpaired) electrons. The Morgan fingerprint density at radius 1 is 0.897 bits per heavy atom. The van der Waals surface area contributed by atoms with Crippen LogP contribution in [0.1, 0.15) is 11.1 Å². The van der Waals surface area contributed by atoms with Gasteiger partial charge in [-0.3, -0.25) is 4.90 Å². The Morgan fingerprint density at radius 3 is 2.28 bits per heavy atom. The normalized spacial score (nSPS) is 15.3. The van der Waals surface area contributed by atoms with Crippen LogP contribution in [0.15, 0.2) is 71.6 Å². The number of urea groups is 1. The number of rotatable bonds is 3. The maximum absolute atomic E-state index is 13.6. The number of halogens is 2. The van der Waals surface area contributed by atoms with Crippen LogP contribution >= 0.6 is 0 Å². The lowest BCUT2D eigenvalue weighted by Gasteiger charge is -2.36. The number of amides is 2. The summed E-state index contributed by atoms with van der Waals surface area (Å²) in [6.45, 7) is 1.73. The molecule has 29 heavy (non-hydrogen) atoms. The standard InChI is InChI=1S/C21H16F2N2O3S/c1-14-6-9-16(10-7-14)25-21(26)24(13-15-8-11-17(22)18(23)12-15)19-4-2-3-5-20(19)29(25,27)28/h2-12H,13H2,1H3. The number of nitrogens with zero attached hydrogens (tertiary/aromatic N) is 2. The quantitative estimate of drug-likeness (QED) is 0.629. The van der Waals surface area contributed by atoms with Gasteiger partial charge in [0.2, 0.25) is 0 Å². The zero-order valence-electron chi connectivity index (χ0n) is 15.3. The summed E-state index contributed by atoms with van der Waals surface area (Å²) in [7, 11) is -4.13. The minimum Gasteiger partial charge on any atom is -0.287 e. The molecule has 148 valence electrons. The van der Waals surface area contributed by atoms with Crippen molar-refractivity contribution in [1.82, 2.24) is 0 Å². The van der Waals surface area contributed by atoms with E-state index in [9.17, 15) is 22.0 Å². The van der Waals surface area contributed by atoms with E-state index in [0.717, 1.165) is 22.0 Å². The lowest BCUT2D eigenvalue weighted by molar-refractivity contribution is 0.253. The lowest BCUT2D eigenvalue weighted by atomic mass is 10.2. The number of sulfonamides is 1. The van der Waals surface area contributed by atoms with Crippen molar-refractivity contribution in [3.05, 3.63) is 89.5 Å². The molecule has 0 saturated heterocycles. The predicted molar refractivity (Wildman–Crippen MR) is 105 cm³/mol. The van der Waals surface area contributed by atoms with Gasteiger partial charge in [-0.05, 0) is 48.9 Å². The Kier molecular flexibility index (Phi) is 4.58. The van der Waals surface area contributed by atoms with Gasteiger partial charge in [0.25, 0.3) is 10.0 Å². The fourth-order valence-corrected chi connectivity index (χ4v) is 4.81. The van der Waals surface area contributed by atoms with Crippen LogP contribution in [-0.4, -0.2) is 14.4 Å². The highest BCUT2D eigenvalue weighted by Crippen LogP contribution is 2.38. The number of hydrogen-bond donors (Lipinski definition) is 0. The summed E-state index contributed by atoms with van der Waals surface area (Å²) in [4.78, 5) is 14.5. The van der Waals surface area contributed by atoms with E-state index in [0.29, 0.717) is 5.56 Å². The summed E-state index contributed by atoms with van der Waals surface area (Å²) in [6, 6.07) is 15.1. The summed E-state index contributed by atoms with van der Waals surface area (Å²) < 4.78 is 54.0. The van der Waals surface area contributed by atoms with E-state index in [1.807, 2.05) is 6.92 Å². The van der Waals surface area contributed by atoms with Crippen LogP contribution < -0.4 is 9.21 Å². The lowest BCUT2D eigenvalue weighted by Crippen LogP contribution is -2.50. The molecule has 5 nitrogen and oxygen atoms in total. The van der Waals surface area contributed by atoms with E-state index in [1.165, 1.54) is 23.1 Å². The third kappa shape index (κ3) is 3.25. The van der Waals surface area contributed by atoms with Gasteiger partial charge in [0, 0.05) is 0 Å². The molecular formula is C21H16F2N2O3S. The summed E-state index contributed by atoms with van der Waals surface area (Å²) >= 11 is 0. The van der Waals surface area contributed by atoms with Crippen molar-refractivity contribution >= 4 is 27.4 Å². The van der Waals surface area contributed by atoms with Gasteiger partial charge in [-0.2, -0.15) is 4.31 Å². The largest absolute Gasteiger partial charge is 0.343 e. The van der Waals surface area contributed by atoms with Crippen LogP contribution in [0.3, 0.4) is 0 Å². The summed E-state index contributed by atoms with van der Waals surface area (Å²) in [5.74, 6) is -2.04. The zero-order chi connectivity index (χ0) is 20.8. The molecule has 0 atom stereocenters. The Balaban J connectivity index is 1.85. The van der Waals surface area contributed by atoms with Gasteiger partial charge in [-0.25, -0.2) is 22.0 Å². The number of carbonyl (C=O) groups excluding carboxylic acids is 1. The highest BCUT2D eigenvalue weighted by molar-refractivity contribution is 7.94. The van der Waals surface area contributed by atoms with Crippen LogP contribution in [0.4, 0.5) is 25.0 Å². The highest BCUT2D eigenvalue weighted by atomic mass is 32.2. The average Bonchev–Trinajstić information content (AvgIpc) is 2.69. The summed E-state index contributed by atoms with van der Waals surface area (Å²) in [6.07, 6.45) is 0. The average molecular weight is 414 g/mol. The van der Waals surface area contributed by atoms with E-state index in [4.69, 9.17) is 0 Å². The van der Waals surface area contributed by atoms with E-state index in [-0.39, 0.29) is 22.8 Å². The first-order valence-electron chi connectivity index (χ1n) is 8.75. The van der Waals surface area contributed by atoms with Gasteiger partial charge in [0.1, 0.15) is 4.90 Å². The zero-order valence-corrected chi connectivity index (χ0v) is 16.2. The number of carbonyl (C=O) groups is 1. The van der Waals surface area contributed by atoms with Crippen molar-refractivity contribution in [1.29, 1.82) is 0 Å². The van der Waals surface area contributed by atoms with Gasteiger partial charge in [0.05, 0.1) is 17.9 Å². The van der Waals surface area contributed by atoms with Crippen LogP contribution in [0.5, 0.6) is 0 Å². The second-order valence-electron chi connectivity index (χ2n) is 6.69. The molecule has 3 aromatic rings. The highest BCUT2D eigenvalue weighted by Gasteiger charge is 2.42. The molecule has 0 saturated carbocycles. The van der Waals surface area contributed by atoms with Gasteiger partial charge < -0.3 is 0 Å². The topological polar surface area (TPSA) is 57.7 Å². The maximum Gasteiger partial charge on any atom is 0.343 e. The third-order valence-electron chi connectivity index (χ3n) is 4.67. The van der Waals surface area contributed by atoms with E-state index in [2.05, 4.69) is 0 Å². The Hall–Kier alpha value is -3.26. The molecule has 3 aromatic carbocycles. The van der Waals surface area contributed by atoms with Crippen LogP contribution in [0.2, 0.25) is 0 Å². The molecule has 1 heterocycles. The van der Waals surface area contributed by atoms with E-state index < -0.39 is 27.7 Å². The van der Waals surface area contributed by atoms with Crippen molar-refractivity contribution in [2.75, 3.05) is 9.21 Å². The van der Waals surface area contributed by atoms with Crippen molar-refractivity contribution in [3.63, 3.8) is 0 Å². The number of fused-ring (bicyclic) bond motifs is 1. The van der Waals surface area contributed by atoms with Gasteiger partial charge in [-0.1, -0.05) is 35.9 Å². The molecule has 0 fully saturated rings.